The number of nitrogens with zero attached hydrogens (tertiary/aromatic N) is 3. The standard InChI is InChI=1S/C36H47N5O4/c1-36(2,3)39-35(45)31-24-40(22-26-12-9-15-37-21-26)16-17-41(31)23-29(42)19-28(18-25-10-5-4-6-11-25)34(44)38-33-30-14-8-7-13-27(30)20-32(33)43/h4-15,21,28-29,31-33,42-43H,16-20,22-24H2,1-3H3,(H,38,44)(H,39,45)/t28-,29+,31+,32-,33?/m1/s1. The number of carbonyl (C=O) groups excluding carboxylic acids is 2. The van der Waals surface area contributed by atoms with Crippen LogP contribution in [0.3, 0.4) is 0 Å². The molecule has 9 nitrogen and oxygen atoms in total. The number of rotatable bonds is 11. The number of aliphatic hydroxyl groups is 2. The summed E-state index contributed by atoms with van der Waals surface area (Å²) in [6.07, 6.45) is 3.26. The summed E-state index contributed by atoms with van der Waals surface area (Å²) in [5.74, 6) is -0.781. The van der Waals surface area contributed by atoms with Gasteiger partial charge in [0.25, 0.3) is 0 Å². The van der Waals surface area contributed by atoms with Crippen LogP contribution in [0.2, 0.25) is 0 Å². The van der Waals surface area contributed by atoms with Crippen molar-refractivity contribution >= 4 is 11.8 Å². The Morgan fingerprint density at radius 3 is 2.47 bits per heavy atom. The van der Waals surface area contributed by atoms with Crippen LogP contribution in [-0.2, 0) is 29.0 Å². The first-order valence-corrected chi connectivity index (χ1v) is 16.0. The molecule has 2 aromatic carbocycles. The lowest BCUT2D eigenvalue weighted by Gasteiger charge is -2.42. The molecule has 1 aliphatic heterocycles. The van der Waals surface area contributed by atoms with Crippen molar-refractivity contribution in [2.24, 2.45) is 5.92 Å². The van der Waals surface area contributed by atoms with E-state index in [1.54, 1.807) is 6.20 Å². The molecule has 1 fully saturated rings. The molecule has 4 N–H and O–H groups in total. The summed E-state index contributed by atoms with van der Waals surface area (Å²) in [4.78, 5) is 35.9. The summed E-state index contributed by atoms with van der Waals surface area (Å²) in [7, 11) is 0. The van der Waals surface area contributed by atoms with E-state index in [1.807, 2.05) is 93.7 Å². The van der Waals surface area contributed by atoms with Gasteiger partial charge in [-0.25, -0.2) is 0 Å². The minimum absolute atomic E-state index is 0.0712. The molecule has 2 aliphatic rings. The molecule has 1 saturated heterocycles. The maximum Gasteiger partial charge on any atom is 0.239 e. The number of aliphatic hydroxyl groups excluding tert-OH is 2. The van der Waals surface area contributed by atoms with E-state index in [1.165, 1.54) is 0 Å². The van der Waals surface area contributed by atoms with E-state index in [-0.39, 0.29) is 24.8 Å². The Morgan fingerprint density at radius 1 is 1.00 bits per heavy atom. The van der Waals surface area contributed by atoms with Gasteiger partial charge in [-0.05, 0) is 61.9 Å². The summed E-state index contributed by atoms with van der Waals surface area (Å²) in [6, 6.07) is 20.6. The molecule has 2 amide bonds. The largest absolute Gasteiger partial charge is 0.392 e. The number of carbonyl (C=O) groups is 2. The molecule has 5 rings (SSSR count). The fraction of sp³-hybridized carbons (Fsp3) is 0.472. The first kappa shape index (κ1) is 32.8. The van der Waals surface area contributed by atoms with Crippen molar-refractivity contribution in [3.8, 4) is 0 Å². The van der Waals surface area contributed by atoms with Gasteiger partial charge in [-0.15, -0.1) is 0 Å². The lowest BCUT2D eigenvalue weighted by Crippen LogP contribution is -2.61. The van der Waals surface area contributed by atoms with Gasteiger partial charge >= 0.3 is 0 Å². The van der Waals surface area contributed by atoms with Gasteiger partial charge in [0.2, 0.25) is 11.8 Å². The zero-order chi connectivity index (χ0) is 32.0. The van der Waals surface area contributed by atoms with Crippen LogP contribution in [0.25, 0.3) is 0 Å². The van der Waals surface area contributed by atoms with Gasteiger partial charge in [0.1, 0.15) is 6.04 Å². The van der Waals surface area contributed by atoms with Gasteiger partial charge in [0.15, 0.2) is 0 Å². The van der Waals surface area contributed by atoms with Gasteiger partial charge < -0.3 is 20.8 Å². The van der Waals surface area contributed by atoms with Gasteiger partial charge in [-0.1, -0.05) is 60.7 Å². The zero-order valence-electron chi connectivity index (χ0n) is 26.6. The summed E-state index contributed by atoms with van der Waals surface area (Å²) in [6.45, 7) is 8.74. The molecule has 2 heterocycles. The third kappa shape index (κ3) is 8.98. The maximum atomic E-state index is 13.8. The van der Waals surface area contributed by atoms with E-state index in [0.29, 0.717) is 32.5 Å². The highest BCUT2D eigenvalue weighted by Crippen LogP contribution is 2.32. The molecule has 5 atom stereocenters. The highest BCUT2D eigenvalue weighted by molar-refractivity contribution is 5.83. The van der Waals surface area contributed by atoms with Crippen LogP contribution in [0.15, 0.2) is 79.1 Å². The van der Waals surface area contributed by atoms with Gasteiger partial charge in [-0.3, -0.25) is 24.4 Å². The van der Waals surface area contributed by atoms with Crippen LogP contribution < -0.4 is 10.6 Å². The molecule has 0 bridgehead atoms. The van der Waals surface area contributed by atoms with E-state index in [2.05, 4.69) is 25.4 Å². The van der Waals surface area contributed by atoms with E-state index < -0.39 is 35.7 Å². The highest BCUT2D eigenvalue weighted by Gasteiger charge is 2.37. The van der Waals surface area contributed by atoms with Crippen molar-refractivity contribution in [2.75, 3.05) is 26.2 Å². The highest BCUT2D eigenvalue weighted by atomic mass is 16.3. The molecule has 45 heavy (non-hydrogen) atoms. The molecule has 1 aliphatic carbocycles. The van der Waals surface area contributed by atoms with Crippen molar-refractivity contribution in [2.45, 2.75) is 76.4 Å². The van der Waals surface area contributed by atoms with Gasteiger partial charge in [0, 0.05) is 63.0 Å². The zero-order valence-corrected chi connectivity index (χ0v) is 26.6. The SMILES string of the molecule is CC(C)(C)NC(=O)[C@@H]1CN(Cc2cccnc2)CCN1C[C@@H](O)C[C@@H](Cc1ccccc1)C(=O)NC1c2ccccc2C[C@H]1O. The number of fused-ring (bicyclic) bond motifs is 1. The fourth-order valence-corrected chi connectivity index (χ4v) is 6.56. The molecule has 0 radical (unpaired) electrons. The first-order valence-electron chi connectivity index (χ1n) is 16.0. The Bertz CT molecular complexity index is 1410. The molecule has 3 aromatic rings. The molecule has 1 aromatic heterocycles. The average Bonchev–Trinajstić information content (AvgIpc) is 3.32. The van der Waals surface area contributed by atoms with Crippen molar-refractivity contribution in [3.63, 3.8) is 0 Å². The predicted molar refractivity (Wildman–Crippen MR) is 174 cm³/mol. The van der Waals surface area contributed by atoms with Crippen molar-refractivity contribution in [3.05, 3.63) is 101 Å². The van der Waals surface area contributed by atoms with Gasteiger partial charge in [-0.2, -0.15) is 0 Å². The monoisotopic (exact) mass is 613 g/mol. The second kappa shape index (κ2) is 14.6. The number of amides is 2. The number of hydrogen-bond donors (Lipinski definition) is 4. The number of piperazine rings is 1. The van der Waals surface area contributed by atoms with Crippen LogP contribution in [0.1, 0.15) is 55.5 Å². The van der Waals surface area contributed by atoms with E-state index in [0.717, 1.165) is 28.8 Å². The minimum atomic E-state index is -0.833. The molecule has 1 unspecified atom stereocenters. The molecule has 240 valence electrons. The smallest absolute Gasteiger partial charge is 0.239 e. The second-order valence-electron chi connectivity index (χ2n) is 13.6. The summed E-state index contributed by atoms with van der Waals surface area (Å²) < 4.78 is 0. The molecule has 9 heteroatoms. The average molecular weight is 614 g/mol. The summed E-state index contributed by atoms with van der Waals surface area (Å²) in [5.41, 5.74) is 3.68. The van der Waals surface area contributed by atoms with Crippen molar-refractivity contribution in [1.82, 2.24) is 25.4 Å². The second-order valence-corrected chi connectivity index (χ2v) is 13.6. The number of benzene rings is 2. The number of pyridine rings is 1. The topological polar surface area (TPSA) is 118 Å². The normalized spacial score (nSPS) is 21.9. The molecule has 0 saturated carbocycles. The van der Waals surface area contributed by atoms with Crippen molar-refractivity contribution in [1.29, 1.82) is 0 Å². The maximum absolute atomic E-state index is 13.8. The number of β-amino-alcohol motifs (C(OH)–C–C–N with tert-alkyl or cyclic N) is 1. The first-order chi connectivity index (χ1) is 21.6. The molecule has 0 spiro atoms. The van der Waals surface area contributed by atoms with Gasteiger partial charge in [0.05, 0.1) is 18.2 Å². The van der Waals surface area contributed by atoms with Crippen LogP contribution in [-0.4, -0.2) is 86.8 Å². The van der Waals surface area contributed by atoms with E-state index >= 15 is 0 Å². The third-order valence-electron chi connectivity index (χ3n) is 8.70. The number of nitrogens with one attached hydrogen (secondary N) is 2. The van der Waals surface area contributed by atoms with Crippen molar-refractivity contribution < 1.29 is 19.8 Å². The lowest BCUT2D eigenvalue weighted by molar-refractivity contribution is -0.132. The Hall–Kier alpha value is -3.63. The third-order valence-corrected chi connectivity index (χ3v) is 8.70. The Morgan fingerprint density at radius 2 is 1.73 bits per heavy atom. The van der Waals surface area contributed by atoms with Crippen LogP contribution in [0, 0.1) is 5.92 Å². The van der Waals surface area contributed by atoms with E-state index in [9.17, 15) is 19.8 Å². The number of aromatic nitrogens is 1. The van der Waals surface area contributed by atoms with Crippen LogP contribution in [0.4, 0.5) is 0 Å². The lowest BCUT2D eigenvalue weighted by atomic mass is 9.91. The Kier molecular flexibility index (Phi) is 10.7. The van der Waals surface area contributed by atoms with Crippen LogP contribution >= 0.6 is 0 Å². The number of hydrogen-bond acceptors (Lipinski definition) is 7. The quantitative estimate of drug-likeness (QED) is 0.263. The summed E-state index contributed by atoms with van der Waals surface area (Å²) >= 11 is 0. The summed E-state index contributed by atoms with van der Waals surface area (Å²) in [5, 5.41) is 28.5. The Labute approximate surface area is 266 Å². The Balaban J connectivity index is 1.29. The van der Waals surface area contributed by atoms with Crippen LogP contribution in [0.5, 0.6) is 0 Å². The predicted octanol–water partition coefficient (Wildman–Crippen LogP) is 2.87. The molecular weight excluding hydrogens is 566 g/mol. The fourth-order valence-electron chi connectivity index (χ4n) is 6.56. The minimum Gasteiger partial charge on any atom is -0.392 e. The molecular formula is C36H47N5O4. The van der Waals surface area contributed by atoms with E-state index in [4.69, 9.17) is 0 Å².